The quantitative estimate of drug-likeness (QED) is 0.842. The zero-order valence-electron chi connectivity index (χ0n) is 12.3. The van der Waals surface area contributed by atoms with Crippen molar-refractivity contribution in [2.24, 2.45) is 5.92 Å². The molecule has 0 saturated carbocycles. The van der Waals surface area contributed by atoms with E-state index < -0.39 is 0 Å². The third-order valence-electron chi connectivity index (χ3n) is 3.69. The Kier molecular flexibility index (Phi) is 6.16. The number of hydrogen-bond donors (Lipinski definition) is 2. The van der Waals surface area contributed by atoms with Gasteiger partial charge in [0.1, 0.15) is 6.61 Å². The van der Waals surface area contributed by atoms with Gasteiger partial charge in [-0.1, -0.05) is 17.9 Å². The molecule has 1 aromatic carbocycles. The van der Waals surface area contributed by atoms with Crippen molar-refractivity contribution >= 4 is 17.7 Å². The third-order valence-corrected chi connectivity index (χ3v) is 4.74. The van der Waals surface area contributed by atoms with Crippen LogP contribution in [0.3, 0.4) is 0 Å². The molecule has 3 nitrogen and oxygen atoms in total. The lowest BCUT2D eigenvalue weighted by molar-refractivity contribution is 0.0946. The van der Waals surface area contributed by atoms with E-state index in [0.29, 0.717) is 11.5 Å². The summed E-state index contributed by atoms with van der Waals surface area (Å²) in [4.78, 5) is 12.2. The maximum Gasteiger partial charge on any atom is 0.251 e. The zero-order chi connectivity index (χ0) is 15.1. The fraction of sp³-hybridized carbons (Fsp3) is 0.471. The molecule has 0 radical (unpaired) electrons. The number of rotatable bonds is 3. The van der Waals surface area contributed by atoms with Crippen LogP contribution in [0.15, 0.2) is 18.2 Å². The number of carbonyl (C=O) groups excluding carboxylic acids is 1. The number of amides is 1. The maximum absolute atomic E-state index is 12.2. The molecule has 0 unspecified atom stereocenters. The Morgan fingerprint density at radius 3 is 2.90 bits per heavy atom. The van der Waals surface area contributed by atoms with Gasteiger partial charge in [0.25, 0.3) is 5.91 Å². The van der Waals surface area contributed by atoms with E-state index in [2.05, 4.69) is 17.2 Å². The summed E-state index contributed by atoms with van der Waals surface area (Å²) in [5, 5.41) is 11.8. The minimum absolute atomic E-state index is 0.0414. The number of carbonyl (C=O) groups is 1. The largest absolute Gasteiger partial charge is 0.384 e. The molecule has 0 bridgehead atoms. The number of hydrogen-bond acceptors (Lipinski definition) is 3. The molecule has 1 amide bonds. The summed E-state index contributed by atoms with van der Waals surface area (Å²) in [7, 11) is 0. The fourth-order valence-electron chi connectivity index (χ4n) is 2.32. The molecule has 1 aromatic rings. The second-order valence-electron chi connectivity index (χ2n) is 5.26. The number of benzene rings is 1. The SMILES string of the molecule is Cc1ccc(C(=O)NCC2CCSCC2)cc1C#CCO. The molecule has 112 valence electrons. The van der Waals surface area contributed by atoms with Gasteiger partial charge in [0.05, 0.1) is 0 Å². The Morgan fingerprint density at radius 1 is 1.43 bits per heavy atom. The van der Waals surface area contributed by atoms with Gasteiger partial charge in [-0.05, 0) is 54.9 Å². The lowest BCUT2D eigenvalue weighted by Gasteiger charge is -2.21. The van der Waals surface area contributed by atoms with E-state index in [1.165, 1.54) is 24.3 Å². The van der Waals surface area contributed by atoms with Crippen molar-refractivity contribution in [3.8, 4) is 11.8 Å². The van der Waals surface area contributed by atoms with Crippen molar-refractivity contribution in [3.05, 3.63) is 34.9 Å². The lowest BCUT2D eigenvalue weighted by atomic mass is 10.0. The van der Waals surface area contributed by atoms with Crippen molar-refractivity contribution < 1.29 is 9.90 Å². The molecule has 1 aliphatic heterocycles. The Labute approximate surface area is 130 Å². The molecule has 4 heteroatoms. The van der Waals surface area contributed by atoms with Crippen LogP contribution >= 0.6 is 11.8 Å². The Morgan fingerprint density at radius 2 is 2.19 bits per heavy atom. The standard InChI is InChI=1S/C17H21NO2S/c1-13-4-5-16(11-15(13)3-2-8-19)17(20)18-12-14-6-9-21-10-7-14/h4-5,11,14,19H,6-10,12H2,1H3,(H,18,20). The van der Waals surface area contributed by atoms with Crippen molar-refractivity contribution in [1.82, 2.24) is 5.32 Å². The molecule has 1 saturated heterocycles. The summed E-state index contributed by atoms with van der Waals surface area (Å²) in [5.74, 6) is 8.47. The summed E-state index contributed by atoms with van der Waals surface area (Å²) >= 11 is 1.99. The van der Waals surface area contributed by atoms with Crippen LogP contribution in [0, 0.1) is 24.7 Å². The molecule has 0 atom stereocenters. The van der Waals surface area contributed by atoms with E-state index in [4.69, 9.17) is 5.11 Å². The maximum atomic E-state index is 12.2. The van der Waals surface area contributed by atoms with Crippen molar-refractivity contribution in [2.45, 2.75) is 19.8 Å². The fourth-order valence-corrected chi connectivity index (χ4v) is 3.53. The van der Waals surface area contributed by atoms with Gasteiger partial charge in [0.2, 0.25) is 0 Å². The second kappa shape index (κ2) is 8.11. The smallest absolute Gasteiger partial charge is 0.251 e. The highest BCUT2D eigenvalue weighted by Gasteiger charge is 2.15. The summed E-state index contributed by atoms with van der Waals surface area (Å²) in [5.41, 5.74) is 2.44. The van der Waals surface area contributed by atoms with E-state index in [0.717, 1.165) is 17.7 Å². The topological polar surface area (TPSA) is 49.3 Å². The minimum atomic E-state index is -0.171. The van der Waals surface area contributed by atoms with E-state index in [1.807, 2.05) is 30.8 Å². The van der Waals surface area contributed by atoms with Crippen LogP contribution in [0.5, 0.6) is 0 Å². The van der Waals surface area contributed by atoms with E-state index in [1.54, 1.807) is 6.07 Å². The molecule has 2 rings (SSSR count). The first-order valence-corrected chi connectivity index (χ1v) is 8.42. The summed E-state index contributed by atoms with van der Waals surface area (Å²) < 4.78 is 0. The molecular weight excluding hydrogens is 282 g/mol. The zero-order valence-corrected chi connectivity index (χ0v) is 13.1. The highest BCUT2D eigenvalue weighted by Crippen LogP contribution is 2.22. The Balaban J connectivity index is 1.98. The van der Waals surface area contributed by atoms with Crippen LogP contribution in [-0.2, 0) is 0 Å². The molecule has 1 heterocycles. The Bertz CT molecular complexity index is 554. The first-order valence-electron chi connectivity index (χ1n) is 7.27. The first-order chi connectivity index (χ1) is 10.2. The van der Waals surface area contributed by atoms with Crippen LogP contribution in [0.1, 0.15) is 34.3 Å². The van der Waals surface area contributed by atoms with E-state index >= 15 is 0 Å². The second-order valence-corrected chi connectivity index (χ2v) is 6.48. The van der Waals surface area contributed by atoms with Gasteiger partial charge >= 0.3 is 0 Å². The highest BCUT2D eigenvalue weighted by molar-refractivity contribution is 7.99. The molecule has 1 fully saturated rings. The van der Waals surface area contributed by atoms with Gasteiger partial charge in [-0.25, -0.2) is 0 Å². The predicted molar refractivity (Wildman–Crippen MR) is 87.5 cm³/mol. The van der Waals surface area contributed by atoms with Gasteiger partial charge in [-0.15, -0.1) is 0 Å². The van der Waals surface area contributed by atoms with Crippen molar-refractivity contribution in [2.75, 3.05) is 24.7 Å². The molecule has 0 aliphatic carbocycles. The molecule has 1 aliphatic rings. The van der Waals surface area contributed by atoms with Gasteiger partial charge in [0.15, 0.2) is 0 Å². The minimum Gasteiger partial charge on any atom is -0.384 e. The lowest BCUT2D eigenvalue weighted by Crippen LogP contribution is -2.31. The van der Waals surface area contributed by atoms with E-state index in [-0.39, 0.29) is 12.5 Å². The number of aliphatic hydroxyl groups is 1. The number of thioether (sulfide) groups is 1. The number of aliphatic hydroxyl groups excluding tert-OH is 1. The van der Waals surface area contributed by atoms with Crippen LogP contribution < -0.4 is 5.32 Å². The van der Waals surface area contributed by atoms with Crippen LogP contribution in [0.2, 0.25) is 0 Å². The molecule has 0 spiro atoms. The molecule has 2 N–H and O–H groups in total. The Hall–Kier alpha value is -1.44. The number of aryl methyl sites for hydroxylation is 1. The van der Waals surface area contributed by atoms with Gasteiger partial charge in [0, 0.05) is 17.7 Å². The van der Waals surface area contributed by atoms with Gasteiger partial charge < -0.3 is 10.4 Å². The first kappa shape index (κ1) is 15.9. The van der Waals surface area contributed by atoms with E-state index in [9.17, 15) is 4.79 Å². The molecule has 0 aromatic heterocycles. The van der Waals surface area contributed by atoms with Crippen LogP contribution in [0.4, 0.5) is 0 Å². The molecular formula is C17H21NO2S. The summed E-state index contributed by atoms with van der Waals surface area (Å²) in [6, 6.07) is 5.52. The van der Waals surface area contributed by atoms with Gasteiger partial charge in [-0.2, -0.15) is 11.8 Å². The van der Waals surface area contributed by atoms with Gasteiger partial charge in [-0.3, -0.25) is 4.79 Å². The summed E-state index contributed by atoms with van der Waals surface area (Å²) in [6.45, 7) is 2.53. The predicted octanol–water partition coefficient (Wildman–Crippen LogP) is 2.21. The van der Waals surface area contributed by atoms with Crippen LogP contribution in [-0.4, -0.2) is 35.7 Å². The van der Waals surface area contributed by atoms with Crippen LogP contribution in [0.25, 0.3) is 0 Å². The average molecular weight is 303 g/mol. The molecule has 21 heavy (non-hydrogen) atoms. The van der Waals surface area contributed by atoms with Crippen molar-refractivity contribution in [1.29, 1.82) is 0 Å². The monoisotopic (exact) mass is 303 g/mol. The average Bonchev–Trinajstić information content (AvgIpc) is 2.53. The summed E-state index contributed by atoms with van der Waals surface area (Å²) in [6.07, 6.45) is 2.37. The highest BCUT2D eigenvalue weighted by atomic mass is 32.2. The third kappa shape index (κ3) is 4.80. The van der Waals surface area contributed by atoms with Crippen molar-refractivity contribution in [3.63, 3.8) is 0 Å². The number of nitrogens with one attached hydrogen (secondary N) is 1. The normalized spacial score (nSPS) is 15.1.